The molecule has 0 rings (SSSR count). The molecule has 0 saturated heterocycles. The van der Waals surface area contributed by atoms with Gasteiger partial charge in [-0.2, -0.15) is 0 Å². The first-order valence-electron chi connectivity index (χ1n) is 38.8. The van der Waals surface area contributed by atoms with Crippen molar-refractivity contribution in [3.05, 3.63) is 0 Å². The van der Waals surface area contributed by atoms with E-state index in [4.69, 9.17) is 4.74 Å². The van der Waals surface area contributed by atoms with E-state index in [1.165, 1.54) is 385 Å². The first kappa shape index (κ1) is 81.9. The van der Waals surface area contributed by atoms with Crippen LogP contribution < -0.4 is 5.32 Å². The lowest BCUT2D eigenvalue weighted by Gasteiger charge is -2.22. The Labute approximate surface area is 521 Å². The molecule has 3 N–H and O–H groups in total. The Morgan fingerprint density at radius 2 is 0.494 bits per heavy atom. The highest BCUT2D eigenvalue weighted by molar-refractivity contribution is 5.76. The van der Waals surface area contributed by atoms with Crippen molar-refractivity contribution in [2.75, 3.05) is 13.2 Å². The normalized spacial score (nSPS) is 12.4. The molecule has 2 atom stereocenters. The second kappa shape index (κ2) is 73.3. The third kappa shape index (κ3) is 69.8. The van der Waals surface area contributed by atoms with E-state index in [0.717, 1.165) is 38.5 Å². The fraction of sp³-hybridized carbons (Fsp3) is 0.974. The van der Waals surface area contributed by atoms with E-state index in [0.29, 0.717) is 25.9 Å². The van der Waals surface area contributed by atoms with Crippen LogP contribution in [0.3, 0.4) is 0 Å². The van der Waals surface area contributed by atoms with Crippen LogP contribution in [0.2, 0.25) is 0 Å². The maximum absolute atomic E-state index is 12.5. The van der Waals surface area contributed by atoms with Crippen molar-refractivity contribution < 1.29 is 24.5 Å². The van der Waals surface area contributed by atoms with E-state index < -0.39 is 12.1 Å². The van der Waals surface area contributed by atoms with Gasteiger partial charge in [0.05, 0.1) is 25.4 Å². The number of hydrogen-bond donors (Lipinski definition) is 3. The molecule has 2 unspecified atom stereocenters. The largest absolute Gasteiger partial charge is 0.466 e. The lowest BCUT2D eigenvalue weighted by Crippen LogP contribution is -2.45. The highest BCUT2D eigenvalue weighted by atomic mass is 16.5. The van der Waals surface area contributed by atoms with Crippen LogP contribution in [0.1, 0.15) is 457 Å². The van der Waals surface area contributed by atoms with Gasteiger partial charge in [-0.15, -0.1) is 0 Å². The Morgan fingerprint density at radius 1 is 0.289 bits per heavy atom. The van der Waals surface area contributed by atoms with Gasteiger partial charge in [-0.25, -0.2) is 0 Å². The molecule has 6 nitrogen and oxygen atoms in total. The standard InChI is InChI=1S/C77H153NO5/c1-3-5-7-9-11-13-15-17-19-20-36-40-43-47-51-55-59-63-67-71-77(82)83-72-68-64-60-56-52-48-44-41-38-35-33-31-29-27-25-23-21-22-24-26-28-30-32-34-37-39-42-46-50-54-58-62-66-70-76(81)78-74(73-79)75(80)69-65-61-57-53-49-45-18-16-14-12-10-8-6-4-2/h74-75,79-80H,3-73H2,1-2H3,(H,78,81). The first-order valence-corrected chi connectivity index (χ1v) is 38.8. The molecule has 0 aromatic carbocycles. The monoisotopic (exact) mass is 1170 g/mol. The third-order valence-electron chi connectivity index (χ3n) is 18.7. The highest BCUT2D eigenvalue weighted by Crippen LogP contribution is 2.20. The van der Waals surface area contributed by atoms with Crippen molar-refractivity contribution in [3.63, 3.8) is 0 Å². The zero-order valence-corrected chi connectivity index (χ0v) is 57.0. The minimum atomic E-state index is -0.659. The summed E-state index contributed by atoms with van der Waals surface area (Å²) in [5, 5.41) is 23.3. The second-order valence-corrected chi connectivity index (χ2v) is 27.1. The van der Waals surface area contributed by atoms with Crippen LogP contribution in [0, 0.1) is 0 Å². The van der Waals surface area contributed by atoms with Gasteiger partial charge >= 0.3 is 5.97 Å². The number of rotatable bonds is 74. The molecular formula is C77H153NO5. The van der Waals surface area contributed by atoms with Crippen molar-refractivity contribution >= 4 is 11.9 Å². The number of esters is 1. The number of nitrogens with one attached hydrogen (secondary N) is 1. The molecular weight excluding hydrogens is 1020 g/mol. The summed E-state index contributed by atoms with van der Waals surface area (Å²) < 4.78 is 5.52. The summed E-state index contributed by atoms with van der Waals surface area (Å²) in [6.07, 6.45) is 90.5. The Morgan fingerprint density at radius 3 is 0.735 bits per heavy atom. The smallest absolute Gasteiger partial charge is 0.305 e. The predicted octanol–water partition coefficient (Wildman–Crippen LogP) is 25.3. The number of carbonyl (C=O) groups excluding carboxylic acids is 2. The van der Waals surface area contributed by atoms with Gasteiger partial charge < -0.3 is 20.3 Å². The predicted molar refractivity (Wildman–Crippen MR) is 366 cm³/mol. The van der Waals surface area contributed by atoms with Gasteiger partial charge in [0.2, 0.25) is 5.91 Å². The molecule has 0 fully saturated rings. The minimum absolute atomic E-state index is 0.0264. The molecule has 496 valence electrons. The van der Waals surface area contributed by atoms with Crippen LogP contribution in [-0.4, -0.2) is 47.4 Å². The maximum atomic E-state index is 12.5. The topological polar surface area (TPSA) is 95.9 Å². The van der Waals surface area contributed by atoms with Crippen LogP contribution in [0.15, 0.2) is 0 Å². The van der Waals surface area contributed by atoms with Crippen molar-refractivity contribution in [3.8, 4) is 0 Å². The summed E-state index contributed by atoms with van der Waals surface area (Å²) in [6, 6.07) is -0.536. The molecule has 0 aliphatic carbocycles. The highest BCUT2D eigenvalue weighted by Gasteiger charge is 2.20. The van der Waals surface area contributed by atoms with E-state index >= 15 is 0 Å². The number of aliphatic hydroxyl groups excluding tert-OH is 2. The second-order valence-electron chi connectivity index (χ2n) is 27.1. The molecule has 0 spiro atoms. The Hall–Kier alpha value is -1.14. The number of aliphatic hydroxyl groups is 2. The molecule has 0 saturated carbocycles. The number of unbranched alkanes of at least 4 members (excludes halogenated alkanes) is 63. The molecule has 0 aromatic heterocycles. The fourth-order valence-electron chi connectivity index (χ4n) is 12.8. The van der Waals surface area contributed by atoms with Gasteiger partial charge in [0.25, 0.3) is 0 Å². The van der Waals surface area contributed by atoms with Gasteiger partial charge in [-0.05, 0) is 25.7 Å². The zero-order chi connectivity index (χ0) is 59.9. The summed E-state index contributed by atoms with van der Waals surface area (Å²) in [4.78, 5) is 24.6. The minimum Gasteiger partial charge on any atom is -0.466 e. The van der Waals surface area contributed by atoms with Gasteiger partial charge in [-0.1, -0.05) is 418 Å². The quantitative estimate of drug-likeness (QED) is 0.0417. The lowest BCUT2D eigenvalue weighted by molar-refractivity contribution is -0.143. The number of hydrogen-bond acceptors (Lipinski definition) is 5. The van der Waals surface area contributed by atoms with Crippen LogP contribution in [0.5, 0.6) is 0 Å². The van der Waals surface area contributed by atoms with Crippen LogP contribution in [0.25, 0.3) is 0 Å². The average molecular weight is 1170 g/mol. The van der Waals surface area contributed by atoms with Gasteiger partial charge in [0.15, 0.2) is 0 Å². The zero-order valence-electron chi connectivity index (χ0n) is 57.0. The molecule has 83 heavy (non-hydrogen) atoms. The summed E-state index contributed by atoms with van der Waals surface area (Å²) in [5.74, 6) is 0.00152. The van der Waals surface area contributed by atoms with Gasteiger partial charge in [-0.3, -0.25) is 9.59 Å². The molecule has 0 heterocycles. The number of carbonyl (C=O) groups is 2. The molecule has 1 amide bonds. The molecule has 0 bridgehead atoms. The molecule has 0 aliphatic rings. The van der Waals surface area contributed by atoms with E-state index in [-0.39, 0.29) is 18.5 Å². The molecule has 0 radical (unpaired) electrons. The van der Waals surface area contributed by atoms with Crippen molar-refractivity contribution in [1.82, 2.24) is 5.32 Å². The van der Waals surface area contributed by atoms with Crippen LogP contribution in [-0.2, 0) is 14.3 Å². The summed E-state index contributed by atoms with van der Waals surface area (Å²) in [7, 11) is 0. The molecule has 0 aliphatic heterocycles. The number of amides is 1. The van der Waals surface area contributed by atoms with Crippen LogP contribution >= 0.6 is 0 Å². The Kier molecular flexibility index (Phi) is 72.3. The Bertz CT molecular complexity index is 1210. The fourth-order valence-corrected chi connectivity index (χ4v) is 12.8. The maximum Gasteiger partial charge on any atom is 0.305 e. The lowest BCUT2D eigenvalue weighted by atomic mass is 10.0. The average Bonchev–Trinajstić information content (AvgIpc) is 3.49. The SMILES string of the molecule is CCCCCCCCCCCCCCCCCCCCCC(=O)OCCCCCCCCCCCCCCCCCCCCCCCCCCCCCCCCCCCC(=O)NC(CO)C(O)CCCCCCCCCCCCCCCC. The third-order valence-corrected chi connectivity index (χ3v) is 18.7. The van der Waals surface area contributed by atoms with E-state index in [9.17, 15) is 19.8 Å². The van der Waals surface area contributed by atoms with E-state index in [2.05, 4.69) is 19.2 Å². The van der Waals surface area contributed by atoms with Crippen molar-refractivity contribution in [2.45, 2.75) is 469 Å². The van der Waals surface area contributed by atoms with Crippen molar-refractivity contribution in [2.24, 2.45) is 0 Å². The summed E-state index contributed by atoms with van der Waals surface area (Å²) in [5.41, 5.74) is 0. The van der Waals surface area contributed by atoms with Crippen LogP contribution in [0.4, 0.5) is 0 Å². The molecule has 6 heteroatoms. The van der Waals surface area contributed by atoms with E-state index in [1.54, 1.807) is 0 Å². The van der Waals surface area contributed by atoms with Gasteiger partial charge in [0, 0.05) is 12.8 Å². The molecule has 0 aromatic rings. The summed E-state index contributed by atoms with van der Waals surface area (Å²) in [6.45, 7) is 5.01. The summed E-state index contributed by atoms with van der Waals surface area (Å²) >= 11 is 0. The van der Waals surface area contributed by atoms with E-state index in [1.807, 2.05) is 0 Å². The van der Waals surface area contributed by atoms with Crippen molar-refractivity contribution in [1.29, 1.82) is 0 Å². The Balaban J connectivity index is 3.28. The number of ether oxygens (including phenoxy) is 1. The first-order chi connectivity index (χ1) is 41.0. The van der Waals surface area contributed by atoms with Gasteiger partial charge in [0.1, 0.15) is 0 Å².